The fraction of sp³-hybridized carbons (Fsp3) is 0.632. The highest BCUT2D eigenvalue weighted by Crippen LogP contribution is 2.40. The molecule has 0 N–H and O–H groups in total. The van der Waals surface area contributed by atoms with Gasteiger partial charge >= 0.3 is 0 Å². The second-order valence-electron chi connectivity index (χ2n) is 6.85. The number of carbonyl (C=O) groups excluding carboxylic acids is 1. The number of rotatable bonds is 6. The van der Waals surface area contributed by atoms with E-state index in [4.69, 9.17) is 4.74 Å². The van der Waals surface area contributed by atoms with Crippen molar-refractivity contribution in [3.05, 3.63) is 35.9 Å². The molecule has 2 aliphatic rings. The monoisotopic (exact) mass is 301 g/mol. The summed E-state index contributed by atoms with van der Waals surface area (Å²) >= 11 is 0. The van der Waals surface area contributed by atoms with Crippen LogP contribution in [0.3, 0.4) is 0 Å². The van der Waals surface area contributed by atoms with Crippen LogP contribution in [0.4, 0.5) is 0 Å². The minimum Gasteiger partial charge on any atom is -0.373 e. The van der Waals surface area contributed by atoms with Crippen molar-refractivity contribution in [2.24, 2.45) is 0 Å². The number of nitrogens with zero attached hydrogens (tertiary/aromatic N) is 1. The maximum Gasteiger partial charge on any atom is 0.219 e. The standard InChI is InChI=1S/C19H27NO2/c1-16(21)20(13-10-17-8-4-2-5-9-17)19(14-18-15-22-18)11-6-3-7-12-19/h2,4-5,8-9,18H,3,6-7,10-15H2,1H3. The summed E-state index contributed by atoms with van der Waals surface area (Å²) in [6.45, 7) is 3.44. The first kappa shape index (κ1) is 15.5. The van der Waals surface area contributed by atoms with E-state index in [1.165, 1.54) is 24.8 Å². The predicted molar refractivity (Wildman–Crippen MR) is 87.7 cm³/mol. The number of carbonyl (C=O) groups is 1. The third-order valence-corrected chi connectivity index (χ3v) is 5.21. The van der Waals surface area contributed by atoms with Crippen molar-refractivity contribution in [3.63, 3.8) is 0 Å². The van der Waals surface area contributed by atoms with Gasteiger partial charge in [0.25, 0.3) is 0 Å². The number of benzene rings is 1. The number of ether oxygens (including phenoxy) is 1. The zero-order valence-electron chi connectivity index (χ0n) is 13.6. The molecular weight excluding hydrogens is 274 g/mol. The highest BCUT2D eigenvalue weighted by Gasteiger charge is 2.43. The Morgan fingerprint density at radius 3 is 2.50 bits per heavy atom. The second-order valence-corrected chi connectivity index (χ2v) is 6.85. The highest BCUT2D eigenvalue weighted by atomic mass is 16.6. The Balaban J connectivity index is 1.73. The normalized spacial score (nSPS) is 23.0. The molecule has 3 rings (SSSR count). The van der Waals surface area contributed by atoms with Gasteiger partial charge in [-0.1, -0.05) is 49.6 Å². The van der Waals surface area contributed by atoms with Crippen LogP contribution in [0, 0.1) is 0 Å². The minimum atomic E-state index is 0.0417. The molecule has 0 aromatic heterocycles. The van der Waals surface area contributed by atoms with Crippen molar-refractivity contribution < 1.29 is 9.53 Å². The molecule has 1 amide bonds. The smallest absolute Gasteiger partial charge is 0.219 e. The lowest BCUT2D eigenvalue weighted by atomic mass is 9.76. The molecular formula is C19H27NO2. The van der Waals surface area contributed by atoms with Gasteiger partial charge in [-0.3, -0.25) is 4.79 Å². The Morgan fingerprint density at radius 2 is 1.91 bits per heavy atom. The lowest BCUT2D eigenvalue weighted by molar-refractivity contribution is -0.137. The van der Waals surface area contributed by atoms with E-state index < -0.39 is 0 Å². The third kappa shape index (κ3) is 3.70. The number of amides is 1. The van der Waals surface area contributed by atoms with Gasteiger partial charge in [-0.15, -0.1) is 0 Å². The van der Waals surface area contributed by atoms with Crippen LogP contribution in [0.5, 0.6) is 0 Å². The molecule has 2 fully saturated rings. The molecule has 120 valence electrons. The van der Waals surface area contributed by atoms with Crippen molar-refractivity contribution in [3.8, 4) is 0 Å². The maximum absolute atomic E-state index is 12.4. The van der Waals surface area contributed by atoms with E-state index in [0.717, 1.165) is 38.8 Å². The van der Waals surface area contributed by atoms with Crippen LogP contribution in [0.1, 0.15) is 51.0 Å². The van der Waals surface area contributed by atoms with Crippen molar-refractivity contribution in [2.75, 3.05) is 13.2 Å². The maximum atomic E-state index is 12.4. The lowest BCUT2D eigenvalue weighted by Gasteiger charge is -2.46. The van der Waals surface area contributed by atoms with E-state index in [9.17, 15) is 4.79 Å². The van der Waals surface area contributed by atoms with Gasteiger partial charge < -0.3 is 9.64 Å². The third-order valence-electron chi connectivity index (χ3n) is 5.21. The van der Waals surface area contributed by atoms with Crippen LogP contribution in [-0.2, 0) is 16.0 Å². The summed E-state index contributed by atoms with van der Waals surface area (Å²) in [5.74, 6) is 0.221. The summed E-state index contributed by atoms with van der Waals surface area (Å²) in [6, 6.07) is 10.5. The summed E-state index contributed by atoms with van der Waals surface area (Å²) < 4.78 is 5.49. The van der Waals surface area contributed by atoms with Crippen molar-refractivity contribution in [2.45, 2.75) is 63.5 Å². The van der Waals surface area contributed by atoms with Gasteiger partial charge in [0.1, 0.15) is 0 Å². The van der Waals surface area contributed by atoms with Crippen LogP contribution in [0.25, 0.3) is 0 Å². The van der Waals surface area contributed by atoms with Crippen molar-refractivity contribution >= 4 is 5.91 Å². The summed E-state index contributed by atoms with van der Waals surface area (Å²) in [5, 5.41) is 0. The van der Waals surface area contributed by atoms with Crippen molar-refractivity contribution in [1.82, 2.24) is 4.90 Å². The Bertz CT molecular complexity index is 489. The Morgan fingerprint density at radius 1 is 1.23 bits per heavy atom. The number of hydrogen-bond acceptors (Lipinski definition) is 2. The van der Waals surface area contributed by atoms with E-state index in [1.54, 1.807) is 6.92 Å². The second kappa shape index (κ2) is 6.82. The largest absolute Gasteiger partial charge is 0.373 e. The molecule has 3 nitrogen and oxygen atoms in total. The summed E-state index contributed by atoms with van der Waals surface area (Å²) in [7, 11) is 0. The van der Waals surface area contributed by atoms with E-state index in [2.05, 4.69) is 29.2 Å². The van der Waals surface area contributed by atoms with Gasteiger partial charge in [-0.25, -0.2) is 0 Å². The summed E-state index contributed by atoms with van der Waals surface area (Å²) in [6.07, 6.45) is 8.41. The van der Waals surface area contributed by atoms with Gasteiger partial charge in [-0.05, 0) is 31.2 Å². The SMILES string of the molecule is CC(=O)N(CCc1ccccc1)C1(CC2CO2)CCCCC1. The first-order chi connectivity index (χ1) is 10.7. The molecule has 1 aromatic carbocycles. The predicted octanol–water partition coefficient (Wildman–Crippen LogP) is 3.57. The van der Waals surface area contributed by atoms with Gasteiger partial charge in [0.05, 0.1) is 12.7 Å². The molecule has 0 radical (unpaired) electrons. The zero-order valence-corrected chi connectivity index (χ0v) is 13.6. The van der Waals surface area contributed by atoms with Crippen LogP contribution in [0.15, 0.2) is 30.3 Å². The topological polar surface area (TPSA) is 32.8 Å². The number of epoxide rings is 1. The van der Waals surface area contributed by atoms with Crippen LogP contribution >= 0.6 is 0 Å². The average Bonchev–Trinajstić information content (AvgIpc) is 3.33. The lowest BCUT2D eigenvalue weighted by Crippen LogP contribution is -2.53. The van der Waals surface area contributed by atoms with Crippen molar-refractivity contribution in [1.29, 1.82) is 0 Å². The quantitative estimate of drug-likeness (QED) is 0.753. The molecule has 1 unspecified atom stereocenters. The van der Waals surface area contributed by atoms with Gasteiger partial charge in [0.15, 0.2) is 0 Å². The van der Waals surface area contributed by atoms with Gasteiger partial charge in [0.2, 0.25) is 5.91 Å². The number of hydrogen-bond donors (Lipinski definition) is 0. The van der Waals surface area contributed by atoms with Crippen LogP contribution < -0.4 is 0 Å². The van der Waals surface area contributed by atoms with E-state index >= 15 is 0 Å². The van der Waals surface area contributed by atoms with E-state index in [1.807, 2.05) is 6.07 Å². The average molecular weight is 301 g/mol. The molecule has 0 spiro atoms. The van der Waals surface area contributed by atoms with Gasteiger partial charge in [0, 0.05) is 19.0 Å². The van der Waals surface area contributed by atoms with E-state index in [0.29, 0.717) is 6.10 Å². The molecule has 1 saturated carbocycles. The van der Waals surface area contributed by atoms with Gasteiger partial charge in [-0.2, -0.15) is 0 Å². The Kier molecular flexibility index (Phi) is 4.82. The molecule has 3 heteroatoms. The first-order valence-electron chi connectivity index (χ1n) is 8.63. The van der Waals surface area contributed by atoms with E-state index in [-0.39, 0.29) is 11.4 Å². The van der Waals surface area contributed by atoms with Crippen LogP contribution in [-0.4, -0.2) is 35.6 Å². The molecule has 1 aliphatic heterocycles. The molecule has 1 heterocycles. The molecule has 1 atom stereocenters. The zero-order chi connectivity index (χ0) is 15.4. The Hall–Kier alpha value is -1.35. The van der Waals surface area contributed by atoms with Crippen LogP contribution in [0.2, 0.25) is 0 Å². The summed E-state index contributed by atoms with van der Waals surface area (Å²) in [5.41, 5.74) is 1.35. The molecule has 1 aromatic rings. The first-order valence-corrected chi connectivity index (χ1v) is 8.63. The molecule has 1 aliphatic carbocycles. The fourth-order valence-electron chi connectivity index (χ4n) is 4.02. The highest BCUT2D eigenvalue weighted by molar-refractivity contribution is 5.74. The molecule has 0 bridgehead atoms. The fourth-order valence-corrected chi connectivity index (χ4v) is 4.02. The minimum absolute atomic E-state index is 0.0417. The molecule has 1 saturated heterocycles. The Labute approximate surface area is 133 Å². The molecule has 22 heavy (non-hydrogen) atoms. The summed E-state index contributed by atoms with van der Waals surface area (Å²) in [4.78, 5) is 14.5.